The molecule has 0 aromatic heterocycles. The number of rotatable bonds is 0. The number of hydrogen-bond acceptors (Lipinski definition) is 1. The lowest BCUT2D eigenvalue weighted by atomic mass is 10.2. The van der Waals surface area contributed by atoms with Gasteiger partial charge in [0.2, 0.25) is 0 Å². The van der Waals surface area contributed by atoms with E-state index in [1.54, 1.807) is 6.26 Å². The molecule has 0 amide bonds. The normalized spacial score (nSPS) is 22.0. The third-order valence-corrected chi connectivity index (χ3v) is 1.10. The maximum absolute atomic E-state index is 5.14. The Bertz CT molecular complexity index is 134. The van der Waals surface area contributed by atoms with Crippen molar-refractivity contribution in [2.45, 2.75) is 33.8 Å². The molecular formula is C9H16O. The van der Waals surface area contributed by atoms with Gasteiger partial charge in [0.25, 0.3) is 0 Å². The lowest BCUT2D eigenvalue weighted by Gasteiger charge is -2.10. The van der Waals surface area contributed by atoms with Crippen molar-refractivity contribution in [3.63, 3.8) is 0 Å². The van der Waals surface area contributed by atoms with Crippen LogP contribution in [0.15, 0.2) is 24.0 Å². The van der Waals surface area contributed by atoms with E-state index in [2.05, 4.69) is 6.08 Å². The van der Waals surface area contributed by atoms with Crippen molar-refractivity contribution in [1.29, 1.82) is 0 Å². The highest BCUT2D eigenvalue weighted by atomic mass is 16.5. The summed E-state index contributed by atoms with van der Waals surface area (Å²) in [4.78, 5) is 0. The number of hydrogen-bond donors (Lipinski definition) is 0. The van der Waals surface area contributed by atoms with E-state index in [1.165, 1.54) is 5.57 Å². The number of ether oxygens (including phenoxy) is 1. The fraction of sp³-hybridized carbons (Fsp3) is 0.556. The van der Waals surface area contributed by atoms with Gasteiger partial charge >= 0.3 is 0 Å². The zero-order chi connectivity index (χ0) is 7.98. The molecule has 0 fully saturated rings. The Balaban J connectivity index is 0.000000371. The van der Waals surface area contributed by atoms with Gasteiger partial charge in [-0.3, -0.25) is 0 Å². The monoisotopic (exact) mass is 140 g/mol. The topological polar surface area (TPSA) is 9.23 Å². The molecule has 0 spiro atoms. The van der Waals surface area contributed by atoms with Crippen LogP contribution in [0.2, 0.25) is 0 Å². The van der Waals surface area contributed by atoms with Gasteiger partial charge in [-0.05, 0) is 25.5 Å². The van der Waals surface area contributed by atoms with Crippen molar-refractivity contribution in [3.8, 4) is 0 Å². The Labute approximate surface area is 63.4 Å². The largest absolute Gasteiger partial charge is 0.494 e. The first-order valence-corrected chi connectivity index (χ1v) is 3.79. The Morgan fingerprint density at radius 2 is 2.00 bits per heavy atom. The Morgan fingerprint density at radius 3 is 2.30 bits per heavy atom. The third-order valence-electron chi connectivity index (χ3n) is 1.10. The van der Waals surface area contributed by atoms with Crippen LogP contribution < -0.4 is 0 Å². The molecule has 0 N–H and O–H groups in total. The fourth-order valence-corrected chi connectivity index (χ4v) is 0.587. The molecule has 0 saturated carbocycles. The smallest absolute Gasteiger partial charge is 0.113 e. The first-order valence-electron chi connectivity index (χ1n) is 3.79. The predicted molar refractivity (Wildman–Crippen MR) is 44.8 cm³/mol. The first-order chi connectivity index (χ1) is 4.79. The van der Waals surface area contributed by atoms with Gasteiger partial charge in [-0.1, -0.05) is 19.9 Å². The molecule has 0 aliphatic carbocycles. The summed E-state index contributed by atoms with van der Waals surface area (Å²) in [6.45, 7) is 8.03. The molecule has 0 unspecified atom stereocenters. The van der Waals surface area contributed by atoms with E-state index >= 15 is 0 Å². The lowest BCUT2D eigenvalue weighted by Crippen LogP contribution is -2.02. The van der Waals surface area contributed by atoms with Crippen LogP contribution in [0.1, 0.15) is 27.7 Å². The second kappa shape index (κ2) is 5.10. The molecule has 58 valence electrons. The summed E-state index contributed by atoms with van der Waals surface area (Å²) in [5, 5.41) is 0. The van der Waals surface area contributed by atoms with Gasteiger partial charge in [0.1, 0.15) is 6.10 Å². The highest BCUT2D eigenvalue weighted by Gasteiger charge is 1.97. The Kier molecular flexibility index (Phi) is 4.73. The summed E-state index contributed by atoms with van der Waals surface area (Å²) >= 11 is 0. The predicted octanol–water partition coefficient (Wildman–Crippen LogP) is 2.89. The minimum Gasteiger partial charge on any atom is -0.494 e. The standard InChI is InChI=1S/C7H10O.C2H6/c1-6-3-4-7(2)8-5-6;1-2/h3-5,7H,1-2H3;1-2H3/t7-;/m0./s1. The van der Waals surface area contributed by atoms with E-state index in [9.17, 15) is 0 Å². The number of allylic oxidation sites excluding steroid dienone is 2. The van der Waals surface area contributed by atoms with Crippen LogP contribution >= 0.6 is 0 Å². The third kappa shape index (κ3) is 3.33. The van der Waals surface area contributed by atoms with E-state index in [0.717, 1.165) is 0 Å². The van der Waals surface area contributed by atoms with E-state index < -0.39 is 0 Å². The molecule has 1 aliphatic heterocycles. The average Bonchev–Trinajstić information content (AvgIpc) is 2.00. The van der Waals surface area contributed by atoms with Crippen LogP contribution in [-0.2, 0) is 4.74 Å². The maximum atomic E-state index is 5.14. The van der Waals surface area contributed by atoms with Gasteiger partial charge in [0.15, 0.2) is 0 Å². The molecule has 1 atom stereocenters. The summed E-state index contributed by atoms with van der Waals surface area (Å²) < 4.78 is 5.14. The second-order valence-corrected chi connectivity index (χ2v) is 2.06. The van der Waals surface area contributed by atoms with Crippen molar-refractivity contribution < 1.29 is 4.74 Å². The highest BCUT2D eigenvalue weighted by Crippen LogP contribution is 2.06. The van der Waals surface area contributed by atoms with Crippen LogP contribution in [0.25, 0.3) is 0 Å². The van der Waals surface area contributed by atoms with Gasteiger partial charge in [-0.2, -0.15) is 0 Å². The Hall–Kier alpha value is -0.720. The van der Waals surface area contributed by atoms with Crippen LogP contribution in [0.3, 0.4) is 0 Å². The molecule has 10 heavy (non-hydrogen) atoms. The zero-order valence-electron chi connectivity index (χ0n) is 7.22. The second-order valence-electron chi connectivity index (χ2n) is 2.06. The minimum absolute atomic E-state index is 0.263. The van der Waals surface area contributed by atoms with Crippen molar-refractivity contribution in [3.05, 3.63) is 24.0 Å². The minimum atomic E-state index is 0.263. The van der Waals surface area contributed by atoms with E-state index in [-0.39, 0.29) is 6.10 Å². The molecule has 0 radical (unpaired) electrons. The molecule has 1 aliphatic rings. The average molecular weight is 140 g/mol. The van der Waals surface area contributed by atoms with Crippen LogP contribution in [-0.4, -0.2) is 6.10 Å². The van der Waals surface area contributed by atoms with Crippen molar-refractivity contribution in [1.82, 2.24) is 0 Å². The molecule has 0 saturated heterocycles. The lowest BCUT2D eigenvalue weighted by molar-refractivity contribution is 0.198. The van der Waals surface area contributed by atoms with Crippen LogP contribution in [0, 0.1) is 0 Å². The van der Waals surface area contributed by atoms with Crippen LogP contribution in [0.4, 0.5) is 0 Å². The molecular weight excluding hydrogens is 124 g/mol. The van der Waals surface area contributed by atoms with Gasteiger partial charge in [0.05, 0.1) is 6.26 Å². The fourth-order valence-electron chi connectivity index (χ4n) is 0.587. The molecule has 1 heteroatoms. The summed E-state index contributed by atoms with van der Waals surface area (Å²) in [7, 11) is 0. The summed E-state index contributed by atoms with van der Waals surface area (Å²) in [5.74, 6) is 0. The van der Waals surface area contributed by atoms with E-state index in [0.29, 0.717) is 0 Å². The van der Waals surface area contributed by atoms with E-state index in [1.807, 2.05) is 33.8 Å². The maximum Gasteiger partial charge on any atom is 0.113 e. The van der Waals surface area contributed by atoms with Crippen LogP contribution in [0.5, 0.6) is 0 Å². The van der Waals surface area contributed by atoms with Crippen molar-refractivity contribution in [2.24, 2.45) is 0 Å². The molecule has 1 rings (SSSR count). The zero-order valence-corrected chi connectivity index (χ0v) is 7.22. The highest BCUT2D eigenvalue weighted by molar-refractivity contribution is 5.17. The van der Waals surface area contributed by atoms with Gasteiger partial charge in [-0.25, -0.2) is 0 Å². The summed E-state index contributed by atoms with van der Waals surface area (Å²) in [5.41, 5.74) is 1.18. The first kappa shape index (κ1) is 9.28. The summed E-state index contributed by atoms with van der Waals surface area (Å²) in [6.07, 6.45) is 6.15. The van der Waals surface area contributed by atoms with Gasteiger partial charge in [-0.15, -0.1) is 0 Å². The molecule has 1 heterocycles. The SMILES string of the molecule is CC.CC1=CO[C@@H](C)C=C1. The van der Waals surface area contributed by atoms with Crippen molar-refractivity contribution in [2.75, 3.05) is 0 Å². The molecule has 0 aromatic carbocycles. The molecule has 0 aromatic rings. The van der Waals surface area contributed by atoms with E-state index in [4.69, 9.17) is 4.74 Å². The van der Waals surface area contributed by atoms with Gasteiger partial charge in [0, 0.05) is 0 Å². The van der Waals surface area contributed by atoms with Crippen molar-refractivity contribution >= 4 is 0 Å². The quantitative estimate of drug-likeness (QED) is 0.502. The van der Waals surface area contributed by atoms with Gasteiger partial charge < -0.3 is 4.74 Å². The summed E-state index contributed by atoms with van der Waals surface area (Å²) in [6, 6.07) is 0. The Morgan fingerprint density at radius 1 is 1.40 bits per heavy atom. The molecule has 0 bridgehead atoms. The molecule has 1 nitrogen and oxygen atoms in total.